The van der Waals surface area contributed by atoms with Crippen LogP contribution in [0, 0.1) is 0 Å². The Hall–Kier alpha value is -0.136. The lowest BCUT2D eigenvalue weighted by Gasteiger charge is -2.47. The lowest BCUT2D eigenvalue weighted by atomic mass is 10.2. The van der Waals surface area contributed by atoms with Gasteiger partial charge < -0.3 is 9.53 Å². The van der Waals surface area contributed by atoms with E-state index >= 15 is 0 Å². The van der Waals surface area contributed by atoms with E-state index in [9.17, 15) is 9.90 Å². The van der Waals surface area contributed by atoms with Crippen molar-refractivity contribution in [1.82, 2.24) is 0 Å². The molecule has 0 saturated heterocycles. The minimum atomic E-state index is -2.09. The number of hydrogen-bond donors (Lipinski definition) is 1. The third kappa shape index (κ3) is 4.16. The average molecular weight is 305 g/mol. The number of carboxylic acids is 1. The van der Waals surface area contributed by atoms with Crippen molar-refractivity contribution in [1.29, 1.82) is 0 Å². The predicted molar refractivity (Wildman–Crippen MR) is 87.1 cm³/mol. The van der Waals surface area contributed by atoms with Gasteiger partial charge in [-0.25, -0.2) is 4.79 Å². The molecule has 5 heteroatoms. The highest BCUT2D eigenvalue weighted by Gasteiger charge is 2.52. The minimum Gasteiger partial charge on any atom is -0.479 e. The fourth-order valence-corrected chi connectivity index (χ4v) is 6.89. The molecule has 2 atom stereocenters. The van der Waals surface area contributed by atoms with Gasteiger partial charge >= 0.3 is 5.97 Å². The van der Waals surface area contributed by atoms with Crippen molar-refractivity contribution in [2.45, 2.75) is 83.4 Å². The summed E-state index contributed by atoms with van der Waals surface area (Å²) in [5.41, 5.74) is 0. The first-order valence-electron chi connectivity index (χ1n) is 6.99. The van der Waals surface area contributed by atoms with Gasteiger partial charge in [-0.15, -0.1) is 0 Å². The van der Waals surface area contributed by atoms with Crippen molar-refractivity contribution < 1.29 is 14.3 Å². The van der Waals surface area contributed by atoms with Crippen LogP contribution in [0.25, 0.3) is 0 Å². The van der Waals surface area contributed by atoms with Crippen LogP contribution in [0.4, 0.5) is 0 Å². The van der Waals surface area contributed by atoms with Crippen molar-refractivity contribution in [2.75, 3.05) is 0 Å². The topological polar surface area (TPSA) is 46.5 Å². The summed E-state index contributed by atoms with van der Waals surface area (Å²) in [5.74, 6) is -0.800. The average Bonchev–Trinajstić information content (AvgIpc) is 2.11. The molecule has 0 aliphatic rings. The molecule has 0 aliphatic heterocycles. The van der Waals surface area contributed by atoms with Crippen molar-refractivity contribution >= 4 is 23.1 Å². The Balaban J connectivity index is 5.54. The summed E-state index contributed by atoms with van der Waals surface area (Å²) >= 11 is 0. The van der Waals surface area contributed by atoms with Crippen LogP contribution in [0.2, 0.25) is 29.7 Å². The number of carboxylic acid groups (broad SMARTS) is 1. The molecule has 0 bridgehead atoms. The summed E-state index contributed by atoms with van der Waals surface area (Å²) in [7, 11) is -3.73. The maximum Gasteiger partial charge on any atom is 0.330 e. The van der Waals surface area contributed by atoms with Crippen molar-refractivity contribution in [2.24, 2.45) is 0 Å². The highest BCUT2D eigenvalue weighted by atomic mass is 28.4. The largest absolute Gasteiger partial charge is 0.479 e. The highest BCUT2D eigenvalue weighted by molar-refractivity contribution is 6.76. The molecule has 114 valence electrons. The third-order valence-corrected chi connectivity index (χ3v) is 14.2. The van der Waals surface area contributed by atoms with E-state index in [-0.39, 0.29) is 10.1 Å². The van der Waals surface area contributed by atoms with Crippen molar-refractivity contribution in [3.8, 4) is 0 Å². The van der Waals surface area contributed by atoms with E-state index in [4.69, 9.17) is 4.43 Å². The van der Waals surface area contributed by atoms with Crippen LogP contribution in [-0.4, -0.2) is 33.4 Å². The first-order chi connectivity index (χ1) is 8.06. The Labute approximate surface area is 121 Å². The molecule has 0 aliphatic carbocycles. The van der Waals surface area contributed by atoms with Crippen LogP contribution in [-0.2, 0) is 9.22 Å². The van der Waals surface area contributed by atoms with E-state index in [1.807, 2.05) is 0 Å². The Morgan fingerprint density at radius 2 is 1.42 bits per heavy atom. The number of aliphatic carboxylic acids is 1. The summed E-state index contributed by atoms with van der Waals surface area (Å²) in [6.45, 7) is 21.0. The molecular formula is C14H32O3Si2. The van der Waals surface area contributed by atoms with Gasteiger partial charge in [-0.05, 0) is 30.1 Å². The summed E-state index contributed by atoms with van der Waals surface area (Å²) < 4.78 is 6.34. The zero-order valence-electron chi connectivity index (χ0n) is 14.3. The summed E-state index contributed by atoms with van der Waals surface area (Å²) in [4.78, 5) is 11.8. The van der Waals surface area contributed by atoms with Gasteiger partial charge in [-0.3, -0.25) is 0 Å². The first-order valence-corrected chi connectivity index (χ1v) is 12.2. The van der Waals surface area contributed by atoms with Gasteiger partial charge in [0, 0.05) is 0 Å². The SMILES string of the molecule is C[SiH](C(C)(C)C)C(C)(O[Si](C)(C)C(C)(C)C)C(=O)O. The van der Waals surface area contributed by atoms with Gasteiger partial charge in [-0.1, -0.05) is 48.1 Å². The smallest absolute Gasteiger partial charge is 0.330 e. The van der Waals surface area contributed by atoms with Crippen molar-refractivity contribution in [3.05, 3.63) is 0 Å². The normalized spacial score (nSPS) is 18.8. The first kappa shape index (κ1) is 18.9. The molecule has 0 saturated carbocycles. The molecule has 2 unspecified atom stereocenters. The van der Waals surface area contributed by atoms with E-state index in [2.05, 4.69) is 61.2 Å². The van der Waals surface area contributed by atoms with Crippen molar-refractivity contribution in [3.63, 3.8) is 0 Å². The molecule has 0 heterocycles. The zero-order valence-corrected chi connectivity index (χ0v) is 16.5. The van der Waals surface area contributed by atoms with E-state index in [1.54, 1.807) is 6.92 Å². The number of hydrogen-bond acceptors (Lipinski definition) is 2. The van der Waals surface area contributed by atoms with Gasteiger partial charge in [0.1, 0.15) is 5.22 Å². The summed E-state index contributed by atoms with van der Waals surface area (Å²) in [6.07, 6.45) is 0. The van der Waals surface area contributed by atoms with Crippen LogP contribution in [0.1, 0.15) is 48.5 Å². The molecular weight excluding hydrogens is 272 g/mol. The van der Waals surface area contributed by atoms with Crippen LogP contribution in [0.15, 0.2) is 0 Å². The summed E-state index contributed by atoms with van der Waals surface area (Å²) in [5, 5.41) is 8.78. The van der Waals surface area contributed by atoms with Gasteiger partial charge in [0.15, 0.2) is 8.32 Å². The standard InChI is InChI=1S/C14H32O3Si2/c1-12(2,3)18(8)14(7,11(15)16)17-19(9,10)13(4,5)6/h18H,1-10H3,(H,15,16). The van der Waals surface area contributed by atoms with Crippen LogP contribution in [0.3, 0.4) is 0 Å². The molecule has 0 rings (SSSR count). The fraction of sp³-hybridized carbons (Fsp3) is 0.929. The molecule has 0 aromatic carbocycles. The third-order valence-electron chi connectivity index (χ3n) is 4.82. The molecule has 0 aromatic rings. The van der Waals surface area contributed by atoms with Gasteiger partial charge in [0.2, 0.25) is 0 Å². The number of rotatable bonds is 4. The van der Waals surface area contributed by atoms with Gasteiger partial charge in [0.05, 0.1) is 8.80 Å². The van der Waals surface area contributed by atoms with E-state index < -0.39 is 28.3 Å². The van der Waals surface area contributed by atoms with E-state index in [1.165, 1.54) is 0 Å². The molecule has 3 nitrogen and oxygen atoms in total. The molecule has 19 heavy (non-hydrogen) atoms. The van der Waals surface area contributed by atoms with E-state index in [0.717, 1.165) is 0 Å². The molecule has 0 radical (unpaired) electrons. The maximum absolute atomic E-state index is 11.8. The van der Waals surface area contributed by atoms with Crippen LogP contribution in [0.5, 0.6) is 0 Å². The minimum absolute atomic E-state index is 0.0233. The Kier molecular flexibility index (Phi) is 5.29. The van der Waals surface area contributed by atoms with Crippen LogP contribution < -0.4 is 0 Å². The second-order valence-electron chi connectivity index (χ2n) is 8.36. The number of carbonyl (C=O) groups is 1. The Bertz CT molecular complexity index is 340. The predicted octanol–water partition coefficient (Wildman–Crippen LogP) is 4.05. The quantitative estimate of drug-likeness (QED) is 0.797. The van der Waals surface area contributed by atoms with Gasteiger partial charge in [-0.2, -0.15) is 0 Å². The maximum atomic E-state index is 11.8. The molecule has 0 fully saturated rings. The van der Waals surface area contributed by atoms with Crippen LogP contribution >= 0.6 is 0 Å². The molecule has 0 aromatic heterocycles. The Morgan fingerprint density at radius 1 is 1.05 bits per heavy atom. The monoisotopic (exact) mass is 304 g/mol. The second kappa shape index (κ2) is 5.33. The molecule has 0 spiro atoms. The molecule has 1 N–H and O–H groups in total. The Morgan fingerprint density at radius 3 is 1.63 bits per heavy atom. The molecule has 0 amide bonds. The summed E-state index contributed by atoms with van der Waals surface area (Å²) in [6, 6.07) is 0. The van der Waals surface area contributed by atoms with E-state index in [0.29, 0.717) is 0 Å². The second-order valence-corrected chi connectivity index (χ2v) is 17.4. The zero-order chi connectivity index (χ0) is 15.9. The lowest BCUT2D eigenvalue weighted by molar-refractivity contribution is -0.148. The fourth-order valence-electron chi connectivity index (χ4n) is 1.83. The highest BCUT2D eigenvalue weighted by Crippen LogP contribution is 2.43. The lowest BCUT2D eigenvalue weighted by Crippen LogP contribution is -2.61. The van der Waals surface area contributed by atoms with Gasteiger partial charge in [0.25, 0.3) is 0 Å².